The molecule has 1 aliphatic rings. The largest absolute Gasteiger partial charge is 0.493 e. The summed E-state index contributed by atoms with van der Waals surface area (Å²) < 4.78 is 7.89. The van der Waals surface area contributed by atoms with Gasteiger partial charge in [-0.25, -0.2) is 0 Å². The number of aromatic nitrogens is 2. The number of piperidine rings is 1. The molecule has 1 aliphatic heterocycles. The van der Waals surface area contributed by atoms with Crippen molar-refractivity contribution in [2.45, 2.75) is 45.7 Å². The normalized spacial score (nSPS) is 17.3. The SMILES string of the molecule is CCCn1cc(Cl)c(C(=O)N2CCC[C@](COc3cccc(Cl)c3)(CC(=O)N(C)Cc3ccccc3)C2)n1. The molecule has 0 aliphatic carbocycles. The van der Waals surface area contributed by atoms with E-state index in [1.807, 2.05) is 56.4 Å². The van der Waals surface area contributed by atoms with Gasteiger partial charge in [-0.3, -0.25) is 14.3 Å². The fourth-order valence-electron chi connectivity index (χ4n) is 4.92. The van der Waals surface area contributed by atoms with Crippen LogP contribution in [0.3, 0.4) is 0 Å². The van der Waals surface area contributed by atoms with Crippen molar-refractivity contribution in [3.8, 4) is 5.75 Å². The first-order chi connectivity index (χ1) is 18.3. The molecule has 0 radical (unpaired) electrons. The number of ether oxygens (including phenoxy) is 1. The Labute approximate surface area is 234 Å². The summed E-state index contributed by atoms with van der Waals surface area (Å²) in [5, 5.41) is 5.35. The van der Waals surface area contributed by atoms with E-state index in [0.717, 1.165) is 24.8 Å². The number of aryl methyl sites for hydroxylation is 1. The number of halogens is 2. The van der Waals surface area contributed by atoms with E-state index in [0.29, 0.717) is 42.0 Å². The quantitative estimate of drug-likeness (QED) is 0.309. The molecule has 2 heterocycles. The Kier molecular flexibility index (Phi) is 9.34. The van der Waals surface area contributed by atoms with Gasteiger partial charge < -0.3 is 14.5 Å². The molecule has 1 aromatic heterocycles. The second kappa shape index (κ2) is 12.7. The predicted octanol–water partition coefficient (Wildman–Crippen LogP) is 5.95. The Morgan fingerprint density at radius 1 is 1.13 bits per heavy atom. The molecule has 2 amide bonds. The van der Waals surface area contributed by atoms with Crippen LogP contribution >= 0.6 is 23.2 Å². The van der Waals surface area contributed by atoms with Crippen LogP contribution in [0.25, 0.3) is 0 Å². The highest BCUT2D eigenvalue weighted by Gasteiger charge is 2.41. The summed E-state index contributed by atoms with van der Waals surface area (Å²) in [6.45, 7) is 4.46. The zero-order valence-electron chi connectivity index (χ0n) is 21.9. The average molecular weight is 558 g/mol. The smallest absolute Gasteiger partial charge is 0.275 e. The molecule has 4 rings (SSSR count). The van der Waals surface area contributed by atoms with Gasteiger partial charge in [-0.2, -0.15) is 5.10 Å². The van der Waals surface area contributed by atoms with Crippen molar-refractivity contribution in [1.82, 2.24) is 19.6 Å². The van der Waals surface area contributed by atoms with Crippen molar-refractivity contribution in [3.05, 3.63) is 82.1 Å². The van der Waals surface area contributed by atoms with Crippen LogP contribution in [0.2, 0.25) is 10.0 Å². The second-order valence-corrected chi connectivity index (χ2v) is 10.9. The summed E-state index contributed by atoms with van der Waals surface area (Å²) in [4.78, 5) is 30.5. The van der Waals surface area contributed by atoms with E-state index in [1.54, 1.807) is 32.8 Å². The Balaban J connectivity index is 1.54. The third-order valence-corrected chi connectivity index (χ3v) is 7.39. The van der Waals surface area contributed by atoms with Gasteiger partial charge in [-0.15, -0.1) is 0 Å². The van der Waals surface area contributed by atoms with Gasteiger partial charge in [0.25, 0.3) is 5.91 Å². The molecular formula is C29H34Cl2N4O3. The van der Waals surface area contributed by atoms with Crippen LogP contribution < -0.4 is 4.74 Å². The molecule has 1 atom stereocenters. The first kappa shape index (κ1) is 28.0. The van der Waals surface area contributed by atoms with Gasteiger partial charge in [0.1, 0.15) is 5.75 Å². The third kappa shape index (κ3) is 7.08. The van der Waals surface area contributed by atoms with E-state index in [-0.39, 0.29) is 30.5 Å². The number of benzene rings is 2. The lowest BCUT2D eigenvalue weighted by Crippen LogP contribution is -2.50. The van der Waals surface area contributed by atoms with E-state index in [2.05, 4.69) is 5.10 Å². The Hall–Kier alpha value is -3.03. The van der Waals surface area contributed by atoms with E-state index >= 15 is 0 Å². The van der Waals surface area contributed by atoms with E-state index < -0.39 is 5.41 Å². The molecule has 0 spiro atoms. The highest BCUT2D eigenvalue weighted by Crippen LogP contribution is 2.36. The topological polar surface area (TPSA) is 67.7 Å². The maximum absolute atomic E-state index is 13.5. The minimum absolute atomic E-state index is 0.00287. The third-order valence-electron chi connectivity index (χ3n) is 6.88. The minimum atomic E-state index is -0.573. The lowest BCUT2D eigenvalue weighted by atomic mass is 9.77. The number of rotatable bonds is 10. The second-order valence-electron chi connectivity index (χ2n) is 10.1. The first-order valence-electron chi connectivity index (χ1n) is 13.0. The maximum atomic E-state index is 13.5. The molecule has 0 saturated carbocycles. The summed E-state index contributed by atoms with van der Waals surface area (Å²) in [6.07, 6.45) is 4.32. The van der Waals surface area contributed by atoms with Crippen LogP contribution in [0.5, 0.6) is 5.75 Å². The number of nitrogens with zero attached hydrogens (tertiary/aromatic N) is 4. The van der Waals surface area contributed by atoms with Crippen LogP contribution in [0.1, 0.15) is 48.7 Å². The maximum Gasteiger partial charge on any atom is 0.275 e. The number of hydrogen-bond donors (Lipinski definition) is 0. The van der Waals surface area contributed by atoms with Crippen LogP contribution in [-0.2, 0) is 17.9 Å². The fourth-order valence-corrected chi connectivity index (χ4v) is 5.34. The molecule has 7 nitrogen and oxygen atoms in total. The zero-order valence-corrected chi connectivity index (χ0v) is 23.4. The van der Waals surface area contributed by atoms with Crippen LogP contribution in [0, 0.1) is 5.41 Å². The summed E-state index contributed by atoms with van der Waals surface area (Å²) in [6, 6.07) is 17.1. The number of likely N-dealkylation sites (tertiary alicyclic amines) is 1. The number of hydrogen-bond acceptors (Lipinski definition) is 4. The first-order valence-corrected chi connectivity index (χ1v) is 13.7. The zero-order chi connectivity index (χ0) is 27.1. The molecule has 9 heteroatoms. The average Bonchev–Trinajstić information content (AvgIpc) is 3.28. The minimum Gasteiger partial charge on any atom is -0.493 e. The van der Waals surface area contributed by atoms with Gasteiger partial charge in [0.2, 0.25) is 5.91 Å². The van der Waals surface area contributed by atoms with Crippen molar-refractivity contribution in [2.75, 3.05) is 26.7 Å². The van der Waals surface area contributed by atoms with E-state index in [9.17, 15) is 9.59 Å². The number of carbonyl (C=O) groups excluding carboxylic acids is 2. The van der Waals surface area contributed by atoms with Crippen molar-refractivity contribution in [2.24, 2.45) is 5.41 Å². The van der Waals surface area contributed by atoms with Gasteiger partial charge >= 0.3 is 0 Å². The fraction of sp³-hybridized carbons (Fsp3) is 0.414. The summed E-state index contributed by atoms with van der Waals surface area (Å²) in [5.74, 6) is 0.414. The van der Waals surface area contributed by atoms with Crippen molar-refractivity contribution in [3.63, 3.8) is 0 Å². The van der Waals surface area contributed by atoms with Crippen LogP contribution in [0.4, 0.5) is 0 Å². The molecule has 1 fully saturated rings. The molecule has 0 unspecified atom stereocenters. The Morgan fingerprint density at radius 2 is 1.92 bits per heavy atom. The highest BCUT2D eigenvalue weighted by atomic mass is 35.5. The predicted molar refractivity (Wildman–Crippen MR) is 150 cm³/mol. The van der Waals surface area contributed by atoms with Crippen molar-refractivity contribution in [1.29, 1.82) is 0 Å². The molecule has 0 bridgehead atoms. The van der Waals surface area contributed by atoms with Gasteiger partial charge in [-0.05, 0) is 43.0 Å². The lowest BCUT2D eigenvalue weighted by Gasteiger charge is -2.42. The van der Waals surface area contributed by atoms with Gasteiger partial charge in [0, 0.05) is 56.3 Å². The molecule has 38 heavy (non-hydrogen) atoms. The number of amides is 2. The summed E-state index contributed by atoms with van der Waals surface area (Å²) >= 11 is 12.6. The van der Waals surface area contributed by atoms with Crippen molar-refractivity contribution < 1.29 is 14.3 Å². The molecular weight excluding hydrogens is 523 g/mol. The lowest BCUT2D eigenvalue weighted by molar-refractivity contribution is -0.134. The van der Waals surface area contributed by atoms with Crippen molar-refractivity contribution >= 4 is 35.0 Å². The standard InChI is InChI=1S/C29H34Cl2N4O3/c1-3-14-35-19-25(31)27(32-35)28(37)34-15-8-13-29(20-34,21-38-24-12-7-11-23(30)16-24)17-26(36)33(2)18-22-9-5-4-6-10-22/h4-7,9-12,16,19H,3,8,13-15,17-18,20-21H2,1-2H3/t29-/m0/s1. The van der Waals surface area contributed by atoms with Crippen LogP contribution in [-0.4, -0.2) is 58.1 Å². The summed E-state index contributed by atoms with van der Waals surface area (Å²) in [5.41, 5.74) is 0.737. The Bertz CT molecular complexity index is 1250. The van der Waals surface area contributed by atoms with E-state index in [4.69, 9.17) is 27.9 Å². The van der Waals surface area contributed by atoms with Crippen LogP contribution in [0.15, 0.2) is 60.8 Å². The van der Waals surface area contributed by atoms with Gasteiger partial charge in [0.05, 0.1) is 11.6 Å². The Morgan fingerprint density at radius 3 is 2.66 bits per heavy atom. The molecule has 0 N–H and O–H groups in total. The molecule has 202 valence electrons. The number of carbonyl (C=O) groups is 2. The van der Waals surface area contributed by atoms with Gasteiger partial charge in [0.15, 0.2) is 5.69 Å². The van der Waals surface area contributed by atoms with Gasteiger partial charge in [-0.1, -0.05) is 66.5 Å². The summed E-state index contributed by atoms with van der Waals surface area (Å²) in [7, 11) is 1.81. The molecule has 1 saturated heterocycles. The van der Waals surface area contributed by atoms with E-state index in [1.165, 1.54) is 0 Å². The molecule has 3 aromatic rings. The highest BCUT2D eigenvalue weighted by molar-refractivity contribution is 6.33. The molecule has 2 aromatic carbocycles. The monoisotopic (exact) mass is 556 g/mol.